The minimum atomic E-state index is -1.98. The zero-order chi connectivity index (χ0) is 23.4. The van der Waals surface area contributed by atoms with Gasteiger partial charge in [0.25, 0.3) is 0 Å². The zero-order valence-corrected chi connectivity index (χ0v) is 19.1. The van der Waals surface area contributed by atoms with Crippen LogP contribution in [0.2, 0.25) is 0 Å². The summed E-state index contributed by atoms with van der Waals surface area (Å²) < 4.78 is 41.0. The minimum Gasteiger partial charge on any atom is -0.467 e. The van der Waals surface area contributed by atoms with Crippen molar-refractivity contribution in [1.82, 2.24) is 4.98 Å². The Balaban J connectivity index is 1.82. The molecule has 3 rings (SSSR count). The summed E-state index contributed by atoms with van der Waals surface area (Å²) in [6.07, 6.45) is -5.33. The van der Waals surface area contributed by atoms with Crippen LogP contribution >= 0.6 is 16.8 Å². The van der Waals surface area contributed by atoms with Crippen LogP contribution in [-0.4, -0.2) is 81.7 Å². The fraction of sp³-hybridized carbons (Fsp3) is 0.471. The second-order valence-electron chi connectivity index (χ2n) is 6.06. The van der Waals surface area contributed by atoms with Crippen LogP contribution in [0.4, 0.5) is 0 Å². The Labute approximate surface area is 184 Å². The van der Waals surface area contributed by atoms with Crippen molar-refractivity contribution in [1.29, 1.82) is 0 Å². The molecule has 1 aromatic rings. The maximum absolute atomic E-state index is 12.0. The van der Waals surface area contributed by atoms with Gasteiger partial charge in [0, 0.05) is 0 Å². The van der Waals surface area contributed by atoms with Gasteiger partial charge in [0.05, 0.1) is 28.4 Å². The molecule has 174 valence electrons. The zero-order valence-electron chi connectivity index (χ0n) is 17.3. The van der Waals surface area contributed by atoms with Gasteiger partial charge in [-0.15, -0.1) is 0 Å². The average Bonchev–Trinajstić information content (AvgIpc) is 3.47. The maximum atomic E-state index is 12.0. The van der Waals surface area contributed by atoms with Crippen LogP contribution in [0.3, 0.4) is 0 Å². The van der Waals surface area contributed by atoms with Gasteiger partial charge in [0.15, 0.2) is 24.4 Å². The van der Waals surface area contributed by atoms with E-state index in [-0.39, 0.29) is 10.9 Å². The first-order valence-corrected chi connectivity index (χ1v) is 11.3. The molecule has 0 aliphatic carbocycles. The molecule has 0 saturated carbocycles. The number of aromatic nitrogens is 1. The third kappa shape index (κ3) is 4.88. The highest BCUT2D eigenvalue weighted by Gasteiger charge is 2.50. The molecule has 3 heterocycles. The number of rotatable bonds is 6. The van der Waals surface area contributed by atoms with Crippen LogP contribution in [0.25, 0.3) is 0 Å². The van der Waals surface area contributed by atoms with Crippen molar-refractivity contribution in [2.45, 2.75) is 24.4 Å². The number of carbonyl (C=O) groups excluding carboxylic acids is 4. The largest absolute Gasteiger partial charge is 0.467 e. The summed E-state index contributed by atoms with van der Waals surface area (Å²) in [5.41, 5.74) is 0.479. The lowest BCUT2D eigenvalue weighted by Gasteiger charge is -2.12. The fourth-order valence-corrected chi connectivity index (χ4v) is 5.66. The van der Waals surface area contributed by atoms with Gasteiger partial charge >= 0.3 is 23.9 Å². The lowest BCUT2D eigenvalue weighted by molar-refractivity contribution is -0.160. The smallest absolute Gasteiger partial charge is 0.338 e. The first-order chi connectivity index (χ1) is 15.3. The van der Waals surface area contributed by atoms with E-state index in [2.05, 4.69) is 23.9 Å². The number of carbonyl (C=O) groups is 4. The number of hydrogen-bond acceptors (Lipinski definition) is 13. The van der Waals surface area contributed by atoms with E-state index in [1.165, 1.54) is 0 Å². The van der Waals surface area contributed by atoms with Gasteiger partial charge in [0.1, 0.15) is 10.9 Å². The molecule has 13 nitrogen and oxygen atoms in total. The summed E-state index contributed by atoms with van der Waals surface area (Å²) in [6.45, 7) is 0. The summed E-state index contributed by atoms with van der Waals surface area (Å²) in [4.78, 5) is 52.3. The van der Waals surface area contributed by atoms with Crippen LogP contribution in [0.1, 0.15) is 0 Å². The molecular weight excluding hydrogens is 472 g/mol. The first-order valence-electron chi connectivity index (χ1n) is 8.90. The standard InChI is InChI=1S/C17H19NO12P2/c1-23-14(19)10-11(15(20)24-2)28-31(27-10)8-6-5-7-9(18-8)32-29-12(16(21)25-3)13(30-32)17(22)26-4/h5-7,10-13H,1-4H3/t10-,11-,12-,13-/m0/s1. The second-order valence-corrected chi connectivity index (χ2v) is 8.85. The lowest BCUT2D eigenvalue weighted by Crippen LogP contribution is -2.38. The Morgan fingerprint density at radius 3 is 1.19 bits per heavy atom. The number of nitrogens with zero attached hydrogens (tertiary/aromatic N) is 1. The van der Waals surface area contributed by atoms with Crippen molar-refractivity contribution in [3.8, 4) is 0 Å². The molecule has 0 aromatic carbocycles. The monoisotopic (exact) mass is 491 g/mol. The van der Waals surface area contributed by atoms with Crippen LogP contribution in [-0.2, 0) is 56.2 Å². The van der Waals surface area contributed by atoms with Gasteiger partial charge in [-0.05, 0) is 12.1 Å². The molecule has 4 atom stereocenters. The lowest BCUT2D eigenvalue weighted by atomic mass is 10.2. The topological polar surface area (TPSA) is 155 Å². The fourth-order valence-electron chi connectivity index (χ4n) is 2.65. The molecule has 15 heteroatoms. The Hall–Kier alpha value is -2.27. The van der Waals surface area contributed by atoms with Gasteiger partial charge in [-0.1, -0.05) is 6.07 Å². The van der Waals surface area contributed by atoms with Crippen molar-refractivity contribution < 1.29 is 56.2 Å². The van der Waals surface area contributed by atoms with E-state index in [0.29, 0.717) is 0 Å². The molecule has 0 unspecified atom stereocenters. The van der Waals surface area contributed by atoms with Crippen LogP contribution < -0.4 is 10.9 Å². The van der Waals surface area contributed by atoms with Crippen LogP contribution in [0.5, 0.6) is 0 Å². The van der Waals surface area contributed by atoms with E-state index in [4.69, 9.17) is 18.1 Å². The summed E-state index contributed by atoms with van der Waals surface area (Å²) in [5.74, 6) is -3.24. The summed E-state index contributed by atoms with van der Waals surface area (Å²) in [7, 11) is 0.629. The van der Waals surface area contributed by atoms with Crippen LogP contribution in [0.15, 0.2) is 18.2 Å². The molecule has 0 bridgehead atoms. The summed E-state index contributed by atoms with van der Waals surface area (Å²) in [5, 5.41) is 0. The van der Waals surface area contributed by atoms with E-state index in [1.807, 2.05) is 0 Å². The summed E-state index contributed by atoms with van der Waals surface area (Å²) >= 11 is 0. The number of esters is 4. The average molecular weight is 491 g/mol. The second kappa shape index (κ2) is 10.6. The molecule has 0 spiro atoms. The van der Waals surface area contributed by atoms with Crippen LogP contribution in [0, 0.1) is 0 Å². The molecule has 0 N–H and O–H groups in total. The molecular formula is C17H19NO12P2. The minimum absolute atomic E-state index is 0.239. The summed E-state index contributed by atoms with van der Waals surface area (Å²) in [6, 6.07) is 4.67. The molecule has 2 aliphatic rings. The molecule has 0 radical (unpaired) electrons. The Morgan fingerprint density at radius 2 is 0.938 bits per heavy atom. The van der Waals surface area contributed by atoms with Gasteiger partial charge in [-0.2, -0.15) is 0 Å². The number of hydrogen-bond donors (Lipinski definition) is 0. The third-order valence-electron chi connectivity index (χ3n) is 4.21. The maximum Gasteiger partial charge on any atom is 0.338 e. The molecule has 2 aliphatic heterocycles. The predicted molar refractivity (Wildman–Crippen MR) is 105 cm³/mol. The molecule has 1 aromatic heterocycles. The Kier molecular flexibility index (Phi) is 8.05. The highest BCUT2D eigenvalue weighted by atomic mass is 31.2. The molecule has 2 fully saturated rings. The number of ether oxygens (including phenoxy) is 4. The normalized spacial score (nSPS) is 25.9. The van der Waals surface area contributed by atoms with Crippen molar-refractivity contribution in [2.24, 2.45) is 0 Å². The van der Waals surface area contributed by atoms with Crippen molar-refractivity contribution >= 4 is 51.5 Å². The highest BCUT2D eigenvalue weighted by molar-refractivity contribution is 7.57. The Bertz CT molecular complexity index is 783. The van der Waals surface area contributed by atoms with Gasteiger partial charge in [0.2, 0.25) is 16.8 Å². The third-order valence-corrected chi connectivity index (χ3v) is 7.14. The van der Waals surface area contributed by atoms with Gasteiger partial charge in [-0.25, -0.2) is 24.2 Å². The molecule has 0 amide bonds. The highest BCUT2D eigenvalue weighted by Crippen LogP contribution is 2.50. The number of methoxy groups -OCH3 is 4. The van der Waals surface area contributed by atoms with E-state index in [0.717, 1.165) is 28.4 Å². The van der Waals surface area contributed by atoms with E-state index < -0.39 is 65.0 Å². The molecule has 32 heavy (non-hydrogen) atoms. The Morgan fingerprint density at radius 1 is 0.656 bits per heavy atom. The number of pyridine rings is 1. The quantitative estimate of drug-likeness (QED) is 0.278. The van der Waals surface area contributed by atoms with Crippen molar-refractivity contribution in [3.05, 3.63) is 18.2 Å². The van der Waals surface area contributed by atoms with E-state index >= 15 is 0 Å². The SMILES string of the molecule is COC(=O)[C@H]1OP(c2cccc(P3O[C@H](C(=O)OC)[C@@H](C(=O)OC)O3)n2)O[C@@H]1C(=O)OC. The van der Waals surface area contributed by atoms with Crippen molar-refractivity contribution in [3.63, 3.8) is 0 Å². The predicted octanol–water partition coefficient (Wildman–Crippen LogP) is -0.784. The molecule has 2 saturated heterocycles. The van der Waals surface area contributed by atoms with Gasteiger partial charge in [-0.3, -0.25) is 0 Å². The van der Waals surface area contributed by atoms with E-state index in [1.54, 1.807) is 18.2 Å². The van der Waals surface area contributed by atoms with Gasteiger partial charge < -0.3 is 37.0 Å². The van der Waals surface area contributed by atoms with E-state index in [9.17, 15) is 19.2 Å². The first kappa shape index (κ1) is 24.4. The van der Waals surface area contributed by atoms with Crippen molar-refractivity contribution in [2.75, 3.05) is 28.4 Å².